The highest BCUT2D eigenvalue weighted by Gasteiger charge is 2.22. The van der Waals surface area contributed by atoms with Crippen molar-refractivity contribution in [2.75, 3.05) is 26.2 Å². The van der Waals surface area contributed by atoms with Gasteiger partial charge in [-0.15, -0.1) is 0 Å². The van der Waals surface area contributed by atoms with Gasteiger partial charge in [0, 0.05) is 37.5 Å². The van der Waals surface area contributed by atoms with E-state index in [-0.39, 0.29) is 37.1 Å². The van der Waals surface area contributed by atoms with E-state index < -0.39 is 6.43 Å². The first kappa shape index (κ1) is 23.3. The van der Waals surface area contributed by atoms with Gasteiger partial charge < -0.3 is 10.1 Å². The third-order valence-corrected chi connectivity index (χ3v) is 5.12. The van der Waals surface area contributed by atoms with E-state index in [4.69, 9.17) is 4.74 Å². The molecular weight excluding hydrogens is 378 g/mol. The van der Waals surface area contributed by atoms with E-state index in [2.05, 4.69) is 12.2 Å². The molecule has 0 atom stereocenters. The molecule has 0 aromatic heterocycles. The number of rotatable bonds is 12. The summed E-state index contributed by atoms with van der Waals surface area (Å²) in [5.74, 6) is 0.500. The van der Waals surface area contributed by atoms with E-state index in [1.807, 2.05) is 0 Å². The van der Waals surface area contributed by atoms with E-state index in [9.17, 15) is 18.4 Å². The van der Waals surface area contributed by atoms with Gasteiger partial charge in [0.15, 0.2) is 5.78 Å². The molecule has 1 aliphatic heterocycles. The normalized spacial score (nSPS) is 15.4. The number of amides is 1. The van der Waals surface area contributed by atoms with E-state index >= 15 is 0 Å². The molecule has 0 bridgehead atoms. The first-order valence-corrected chi connectivity index (χ1v) is 10.5. The van der Waals surface area contributed by atoms with Crippen LogP contribution in [0.2, 0.25) is 0 Å². The summed E-state index contributed by atoms with van der Waals surface area (Å²) in [4.78, 5) is 26.1. The van der Waals surface area contributed by atoms with Gasteiger partial charge in [-0.2, -0.15) is 0 Å². The van der Waals surface area contributed by atoms with Gasteiger partial charge in [-0.25, -0.2) is 8.78 Å². The van der Waals surface area contributed by atoms with Crippen LogP contribution in [0.1, 0.15) is 62.2 Å². The topological polar surface area (TPSA) is 58.6 Å². The number of nitrogens with zero attached hydrogens (tertiary/aromatic N) is 1. The SMILES string of the molecule is CCCCCOc1ccc(C(=O)CCC(=O)NC2CCN(CC(F)F)CC2)cc1. The summed E-state index contributed by atoms with van der Waals surface area (Å²) in [6.45, 7) is 3.71. The zero-order chi connectivity index (χ0) is 21.1. The zero-order valence-corrected chi connectivity index (χ0v) is 17.2. The zero-order valence-electron chi connectivity index (χ0n) is 17.2. The molecule has 0 aliphatic carbocycles. The van der Waals surface area contributed by atoms with Crippen molar-refractivity contribution in [3.05, 3.63) is 29.8 Å². The molecule has 29 heavy (non-hydrogen) atoms. The maximum Gasteiger partial charge on any atom is 0.251 e. The minimum atomic E-state index is -2.33. The number of ether oxygens (including phenoxy) is 1. The minimum Gasteiger partial charge on any atom is -0.494 e. The Morgan fingerprint density at radius 2 is 1.83 bits per heavy atom. The lowest BCUT2D eigenvalue weighted by Gasteiger charge is -2.32. The predicted octanol–water partition coefficient (Wildman–Crippen LogP) is 4.06. The predicted molar refractivity (Wildman–Crippen MR) is 109 cm³/mol. The van der Waals surface area contributed by atoms with Gasteiger partial charge in [-0.3, -0.25) is 14.5 Å². The number of unbranched alkanes of at least 4 members (excludes halogenated alkanes) is 2. The molecule has 1 saturated heterocycles. The first-order valence-electron chi connectivity index (χ1n) is 10.5. The molecule has 1 N–H and O–H groups in total. The van der Waals surface area contributed by atoms with Crippen LogP contribution in [0.4, 0.5) is 8.78 Å². The fraction of sp³-hybridized carbons (Fsp3) is 0.636. The highest BCUT2D eigenvalue weighted by atomic mass is 19.3. The molecular formula is C22H32F2N2O3. The third-order valence-electron chi connectivity index (χ3n) is 5.12. The Morgan fingerprint density at radius 3 is 2.45 bits per heavy atom. The van der Waals surface area contributed by atoms with Crippen molar-refractivity contribution >= 4 is 11.7 Å². The van der Waals surface area contributed by atoms with Crippen molar-refractivity contribution in [3.63, 3.8) is 0 Å². The number of carbonyl (C=O) groups excluding carboxylic acids is 2. The average Bonchev–Trinajstić information content (AvgIpc) is 2.71. The number of hydrogen-bond donors (Lipinski definition) is 1. The molecule has 5 nitrogen and oxygen atoms in total. The second kappa shape index (κ2) is 12.5. The number of likely N-dealkylation sites (tertiary alicyclic amines) is 1. The van der Waals surface area contributed by atoms with Gasteiger partial charge in [0.05, 0.1) is 13.2 Å². The van der Waals surface area contributed by atoms with Crippen LogP contribution in [-0.2, 0) is 4.79 Å². The molecule has 2 rings (SSSR count). The average molecular weight is 411 g/mol. The Bertz CT molecular complexity index is 629. The number of hydrogen-bond acceptors (Lipinski definition) is 4. The molecule has 1 aliphatic rings. The van der Waals surface area contributed by atoms with Crippen LogP contribution in [-0.4, -0.2) is 55.3 Å². The van der Waals surface area contributed by atoms with Crippen LogP contribution in [0.3, 0.4) is 0 Å². The monoisotopic (exact) mass is 410 g/mol. The standard InChI is InChI=1S/C22H32F2N2O3/c1-2-3-4-15-29-19-7-5-17(6-8-19)20(27)9-10-22(28)25-18-11-13-26(14-12-18)16-21(23)24/h5-8,18,21H,2-4,9-16H2,1H3,(H,25,28). The number of piperidine rings is 1. The van der Waals surface area contributed by atoms with Crippen LogP contribution in [0, 0.1) is 0 Å². The van der Waals surface area contributed by atoms with Crippen molar-refractivity contribution in [2.45, 2.75) is 64.3 Å². The third kappa shape index (κ3) is 8.90. The highest BCUT2D eigenvalue weighted by molar-refractivity contribution is 5.98. The van der Waals surface area contributed by atoms with Crippen LogP contribution < -0.4 is 10.1 Å². The molecule has 162 valence electrons. The molecule has 0 radical (unpaired) electrons. The summed E-state index contributed by atoms with van der Waals surface area (Å²) in [6.07, 6.45) is 2.55. The lowest BCUT2D eigenvalue weighted by molar-refractivity contribution is -0.122. The van der Waals surface area contributed by atoms with E-state index in [1.54, 1.807) is 29.2 Å². The summed E-state index contributed by atoms with van der Waals surface area (Å²) in [5.41, 5.74) is 0.569. The van der Waals surface area contributed by atoms with E-state index in [0.29, 0.717) is 38.1 Å². The van der Waals surface area contributed by atoms with E-state index in [0.717, 1.165) is 25.0 Å². The molecule has 1 aromatic rings. The Morgan fingerprint density at radius 1 is 1.14 bits per heavy atom. The van der Waals surface area contributed by atoms with Gasteiger partial charge in [-0.1, -0.05) is 19.8 Å². The van der Waals surface area contributed by atoms with Gasteiger partial charge >= 0.3 is 0 Å². The molecule has 1 fully saturated rings. The van der Waals surface area contributed by atoms with Crippen LogP contribution in [0.15, 0.2) is 24.3 Å². The second-order valence-corrected chi connectivity index (χ2v) is 7.54. The Hall–Kier alpha value is -2.02. The lowest BCUT2D eigenvalue weighted by Crippen LogP contribution is -2.45. The summed E-state index contributed by atoms with van der Waals surface area (Å²) < 4.78 is 30.4. The maximum atomic E-state index is 12.4. The molecule has 7 heteroatoms. The Labute approximate surface area is 171 Å². The van der Waals surface area contributed by atoms with Crippen molar-refractivity contribution < 1.29 is 23.1 Å². The van der Waals surface area contributed by atoms with Gasteiger partial charge in [0.2, 0.25) is 5.91 Å². The fourth-order valence-corrected chi connectivity index (χ4v) is 3.41. The van der Waals surface area contributed by atoms with Crippen LogP contribution in [0.25, 0.3) is 0 Å². The summed E-state index contributed by atoms with van der Waals surface area (Å²) >= 11 is 0. The molecule has 0 unspecified atom stereocenters. The van der Waals surface area contributed by atoms with Crippen molar-refractivity contribution in [1.82, 2.24) is 10.2 Å². The molecule has 0 saturated carbocycles. The lowest BCUT2D eigenvalue weighted by atomic mass is 10.0. The molecule has 1 aromatic carbocycles. The van der Waals surface area contributed by atoms with E-state index in [1.165, 1.54) is 0 Å². The number of alkyl halides is 2. The van der Waals surface area contributed by atoms with Crippen molar-refractivity contribution in [3.8, 4) is 5.75 Å². The minimum absolute atomic E-state index is 0.00401. The summed E-state index contributed by atoms with van der Waals surface area (Å²) in [7, 11) is 0. The Kier molecular flexibility index (Phi) is 10.0. The smallest absolute Gasteiger partial charge is 0.251 e. The van der Waals surface area contributed by atoms with Gasteiger partial charge in [0.25, 0.3) is 6.43 Å². The van der Waals surface area contributed by atoms with Gasteiger partial charge in [0.1, 0.15) is 5.75 Å². The van der Waals surface area contributed by atoms with Crippen LogP contribution in [0.5, 0.6) is 5.75 Å². The highest BCUT2D eigenvalue weighted by Crippen LogP contribution is 2.15. The fourth-order valence-electron chi connectivity index (χ4n) is 3.41. The largest absolute Gasteiger partial charge is 0.494 e. The molecule has 1 heterocycles. The molecule has 0 spiro atoms. The summed E-state index contributed by atoms with van der Waals surface area (Å²) in [5, 5.41) is 2.92. The summed E-state index contributed by atoms with van der Waals surface area (Å²) in [6, 6.07) is 7.02. The van der Waals surface area contributed by atoms with Gasteiger partial charge in [-0.05, 0) is 43.5 Å². The van der Waals surface area contributed by atoms with Crippen LogP contribution >= 0.6 is 0 Å². The quantitative estimate of drug-likeness (QED) is 0.417. The number of Topliss-reactive ketones (excluding diaryl/α,β-unsaturated/α-hetero) is 1. The Balaban J connectivity index is 1.66. The second-order valence-electron chi connectivity index (χ2n) is 7.54. The van der Waals surface area contributed by atoms with Crippen molar-refractivity contribution in [2.24, 2.45) is 0 Å². The molecule has 1 amide bonds. The number of ketones is 1. The number of halogens is 2. The van der Waals surface area contributed by atoms with Crippen molar-refractivity contribution in [1.29, 1.82) is 0 Å². The first-order chi connectivity index (χ1) is 14.0. The number of benzene rings is 1. The number of carbonyl (C=O) groups is 2. The number of nitrogens with one attached hydrogen (secondary N) is 1. The maximum absolute atomic E-state index is 12.4.